The average molecular weight is 240 g/mol. The molecule has 0 aliphatic rings. The van der Waals surface area contributed by atoms with E-state index >= 15 is 0 Å². The fraction of sp³-hybridized carbons (Fsp3) is 0.889. The number of carbonyl (C=O) groups is 1. The van der Waals surface area contributed by atoms with Gasteiger partial charge in [0.1, 0.15) is 6.10 Å². The zero-order valence-electron chi connectivity index (χ0n) is 9.09. The second-order valence-corrected chi connectivity index (χ2v) is 3.59. The molecule has 1 unspecified atom stereocenters. The van der Waals surface area contributed by atoms with Crippen molar-refractivity contribution in [1.29, 1.82) is 0 Å². The number of aliphatic hydroxyl groups is 2. The van der Waals surface area contributed by atoms with Crippen LogP contribution in [0.3, 0.4) is 0 Å². The third-order valence-electron chi connectivity index (χ3n) is 1.26. The quantitative estimate of drug-likeness (QED) is 0.401. The summed E-state index contributed by atoms with van der Waals surface area (Å²) in [6.07, 6.45) is 0.535. The molecule has 15 heavy (non-hydrogen) atoms. The molecule has 0 spiro atoms. The largest absolute Gasteiger partial charge is 0.481 e. The summed E-state index contributed by atoms with van der Waals surface area (Å²) < 4.78 is 4.91. The highest BCUT2D eigenvalue weighted by atomic mass is 32.1. The van der Waals surface area contributed by atoms with Gasteiger partial charge in [0.15, 0.2) is 0 Å². The van der Waals surface area contributed by atoms with Crippen LogP contribution in [-0.2, 0) is 9.53 Å². The Hall–Kier alpha value is -0.300. The van der Waals surface area contributed by atoms with Crippen molar-refractivity contribution in [2.75, 3.05) is 13.2 Å². The highest BCUT2D eigenvalue weighted by molar-refractivity contribution is 7.80. The van der Waals surface area contributed by atoms with E-state index < -0.39 is 12.1 Å². The molecule has 0 fully saturated rings. The molecule has 0 aromatic heterocycles. The fourth-order valence-electron chi connectivity index (χ4n) is 0.636. The van der Waals surface area contributed by atoms with E-state index in [0.717, 1.165) is 6.42 Å². The predicted octanol–water partition coefficient (Wildman–Crippen LogP) is 0.503. The molecule has 0 heterocycles. The van der Waals surface area contributed by atoms with Crippen molar-refractivity contribution in [3.8, 4) is 0 Å². The molecule has 0 saturated carbocycles. The van der Waals surface area contributed by atoms with Crippen molar-refractivity contribution in [2.24, 2.45) is 0 Å². The Balaban J connectivity index is 0. The van der Waals surface area contributed by atoms with E-state index in [2.05, 4.69) is 12.6 Å². The summed E-state index contributed by atoms with van der Waals surface area (Å²) in [5.74, 6) is -0.711. The predicted molar refractivity (Wildman–Crippen MR) is 60.0 cm³/mol. The zero-order chi connectivity index (χ0) is 12.3. The number of hydrogen-bond acceptors (Lipinski definition) is 5. The van der Waals surface area contributed by atoms with Gasteiger partial charge in [-0.1, -0.05) is 6.92 Å². The molecular formula is C9H20O5S. The number of carboxylic acids is 1. The Kier molecular flexibility index (Phi) is 13.4. The molecule has 6 heteroatoms. The maximum atomic E-state index is 9.60. The van der Waals surface area contributed by atoms with Crippen molar-refractivity contribution >= 4 is 18.6 Å². The smallest absolute Gasteiger partial charge is 0.303 e. The summed E-state index contributed by atoms with van der Waals surface area (Å²) >= 11 is 3.90. The second kappa shape index (κ2) is 11.8. The van der Waals surface area contributed by atoms with Gasteiger partial charge in [0.25, 0.3) is 0 Å². The summed E-state index contributed by atoms with van der Waals surface area (Å²) in [5.41, 5.74) is -0.241. The van der Waals surface area contributed by atoms with Gasteiger partial charge in [0.2, 0.25) is 0 Å². The maximum Gasteiger partial charge on any atom is 0.303 e. The van der Waals surface area contributed by atoms with Crippen LogP contribution in [0, 0.1) is 0 Å². The van der Waals surface area contributed by atoms with Gasteiger partial charge in [-0.25, -0.2) is 0 Å². The molecule has 1 atom stereocenters. The molecule has 0 radical (unpaired) electrons. The van der Waals surface area contributed by atoms with Crippen LogP contribution < -0.4 is 0 Å². The molecule has 0 aromatic carbocycles. The first-order valence-electron chi connectivity index (χ1n) is 4.74. The molecule has 0 aliphatic carbocycles. The molecule has 0 bridgehead atoms. The van der Waals surface area contributed by atoms with Gasteiger partial charge in [0.05, 0.1) is 18.6 Å². The number of thiol groups is 1. The highest BCUT2D eigenvalue weighted by Crippen LogP contribution is 1.99. The fourth-order valence-corrected chi connectivity index (χ4v) is 0.808. The molecule has 0 aliphatic heterocycles. The van der Waals surface area contributed by atoms with Crippen molar-refractivity contribution in [3.05, 3.63) is 0 Å². The third-order valence-corrected chi connectivity index (χ3v) is 1.38. The molecule has 0 saturated heterocycles. The highest BCUT2D eigenvalue weighted by Gasteiger charge is 2.06. The molecular weight excluding hydrogens is 220 g/mol. The van der Waals surface area contributed by atoms with E-state index in [1.807, 2.05) is 6.92 Å². The van der Waals surface area contributed by atoms with Crippen LogP contribution in [0.5, 0.6) is 0 Å². The summed E-state index contributed by atoms with van der Waals surface area (Å²) in [7, 11) is 0. The van der Waals surface area contributed by atoms with E-state index in [0.29, 0.717) is 6.42 Å². The molecule has 92 valence electrons. The van der Waals surface area contributed by atoms with Crippen molar-refractivity contribution in [1.82, 2.24) is 0 Å². The SMILES string of the molecule is CC(S)OC(CO)CO.CCCC(=O)O. The van der Waals surface area contributed by atoms with E-state index in [9.17, 15) is 4.79 Å². The average Bonchev–Trinajstić information content (AvgIpc) is 2.14. The summed E-state index contributed by atoms with van der Waals surface area (Å²) in [6, 6.07) is 0. The van der Waals surface area contributed by atoms with E-state index in [1.54, 1.807) is 6.92 Å². The lowest BCUT2D eigenvalue weighted by Gasteiger charge is -2.14. The van der Waals surface area contributed by atoms with Crippen LogP contribution in [-0.4, -0.2) is 46.0 Å². The summed E-state index contributed by atoms with van der Waals surface area (Å²) in [5, 5.41) is 24.8. The number of carboxylic acid groups (broad SMARTS) is 1. The lowest BCUT2D eigenvalue weighted by molar-refractivity contribution is -0.137. The number of aliphatic carboxylic acids is 1. The first kappa shape index (κ1) is 17.1. The minimum atomic E-state index is -0.711. The number of hydrogen-bond donors (Lipinski definition) is 4. The summed E-state index contributed by atoms with van der Waals surface area (Å²) in [4.78, 5) is 9.60. The third kappa shape index (κ3) is 16.4. The lowest BCUT2D eigenvalue weighted by Crippen LogP contribution is -2.24. The van der Waals surface area contributed by atoms with Gasteiger partial charge < -0.3 is 20.1 Å². The molecule has 0 rings (SSSR count). The number of ether oxygens (including phenoxy) is 1. The van der Waals surface area contributed by atoms with Crippen LogP contribution in [0.1, 0.15) is 26.7 Å². The van der Waals surface area contributed by atoms with Gasteiger partial charge in [-0.3, -0.25) is 4.79 Å². The topological polar surface area (TPSA) is 87.0 Å². The molecule has 3 N–H and O–H groups in total. The number of aliphatic hydroxyl groups excluding tert-OH is 2. The van der Waals surface area contributed by atoms with E-state index in [4.69, 9.17) is 20.1 Å². The minimum Gasteiger partial charge on any atom is -0.481 e. The minimum absolute atomic E-state index is 0.165. The Morgan fingerprint density at radius 2 is 1.87 bits per heavy atom. The van der Waals surface area contributed by atoms with Crippen LogP contribution >= 0.6 is 12.6 Å². The Morgan fingerprint density at radius 1 is 1.40 bits per heavy atom. The van der Waals surface area contributed by atoms with Crippen molar-refractivity contribution in [3.63, 3.8) is 0 Å². The second-order valence-electron chi connectivity index (χ2n) is 2.87. The van der Waals surface area contributed by atoms with E-state index in [-0.39, 0.29) is 18.6 Å². The first-order chi connectivity index (χ1) is 6.97. The normalized spacial score (nSPS) is 11.9. The lowest BCUT2D eigenvalue weighted by atomic mass is 10.4. The standard InChI is InChI=1S/C5H12O3S.C4H8O2/c1-4(9)8-5(2-6)3-7;1-2-3-4(5)6/h4-7,9H,2-3H2,1H3;2-3H2,1H3,(H,5,6). The monoisotopic (exact) mass is 240 g/mol. The maximum absolute atomic E-state index is 9.60. The molecule has 0 aromatic rings. The van der Waals surface area contributed by atoms with Crippen LogP contribution in [0.4, 0.5) is 0 Å². The summed E-state index contributed by atoms with van der Waals surface area (Å²) in [6.45, 7) is 3.23. The first-order valence-corrected chi connectivity index (χ1v) is 5.26. The van der Waals surface area contributed by atoms with Gasteiger partial charge >= 0.3 is 5.97 Å². The van der Waals surface area contributed by atoms with Gasteiger partial charge in [-0.05, 0) is 13.3 Å². The Morgan fingerprint density at radius 3 is 1.93 bits per heavy atom. The van der Waals surface area contributed by atoms with E-state index in [1.165, 1.54) is 0 Å². The van der Waals surface area contributed by atoms with Crippen LogP contribution in [0.2, 0.25) is 0 Å². The van der Waals surface area contributed by atoms with Gasteiger partial charge in [-0.15, -0.1) is 12.6 Å². The number of rotatable bonds is 6. The molecule has 0 amide bonds. The zero-order valence-corrected chi connectivity index (χ0v) is 9.98. The van der Waals surface area contributed by atoms with Crippen molar-refractivity contribution < 1.29 is 24.9 Å². The van der Waals surface area contributed by atoms with Crippen LogP contribution in [0.15, 0.2) is 0 Å². The van der Waals surface area contributed by atoms with Gasteiger partial charge in [0, 0.05) is 6.42 Å². The van der Waals surface area contributed by atoms with Crippen molar-refractivity contribution in [2.45, 2.75) is 38.2 Å². The Bertz CT molecular complexity index is 147. The van der Waals surface area contributed by atoms with Crippen LogP contribution in [0.25, 0.3) is 0 Å². The van der Waals surface area contributed by atoms with Gasteiger partial charge in [-0.2, -0.15) is 0 Å². The Labute approximate surface area is 95.5 Å². The molecule has 5 nitrogen and oxygen atoms in total.